The van der Waals surface area contributed by atoms with Crippen LogP contribution in [0.15, 0.2) is 48.6 Å². The van der Waals surface area contributed by atoms with Crippen molar-refractivity contribution < 1.29 is 19.4 Å². The third-order valence-corrected chi connectivity index (χ3v) is 6.08. The first kappa shape index (κ1) is 25.2. The van der Waals surface area contributed by atoms with Crippen molar-refractivity contribution in [3.63, 3.8) is 0 Å². The topological polar surface area (TPSA) is 55.8 Å². The number of hydrogen-bond acceptors (Lipinski definition) is 3. The zero-order valence-corrected chi connectivity index (χ0v) is 19.5. The first-order valence-corrected chi connectivity index (χ1v) is 12.0. The lowest BCUT2D eigenvalue weighted by Gasteiger charge is -2.33. The quantitative estimate of drug-likeness (QED) is 0.244. The minimum Gasteiger partial charge on any atom is -0.493 e. The summed E-state index contributed by atoms with van der Waals surface area (Å²) in [5, 5.41) is 9.37. The lowest BCUT2D eigenvalue weighted by atomic mass is 9.85. The Morgan fingerprint density at radius 3 is 2.42 bits per heavy atom. The Bertz CT molecular complexity index is 708. The highest BCUT2D eigenvalue weighted by Gasteiger charge is 2.34. The largest absolute Gasteiger partial charge is 0.493 e. The van der Waals surface area contributed by atoms with Crippen LogP contribution in [0.3, 0.4) is 0 Å². The Labute approximate surface area is 188 Å². The molecule has 4 nitrogen and oxygen atoms in total. The number of benzene rings is 1. The molecule has 1 N–H and O–H groups in total. The highest BCUT2D eigenvalue weighted by Crippen LogP contribution is 2.39. The maximum atomic E-state index is 11.4. The molecule has 31 heavy (non-hydrogen) atoms. The van der Waals surface area contributed by atoms with Crippen LogP contribution in [0, 0.1) is 11.8 Å². The standard InChI is InChI=1S/C27H40O4/c1-4-6-7-8-11-20-30-25-15-10-9-14-24(25)27(31-21-12-13-22(3)5-2)18-16-23(17-19-27)26(28)29/h9-10,14-19,22-23H,4-8,11-13,20-21H2,1-3H3,(H,28,29). The van der Waals surface area contributed by atoms with Crippen LogP contribution in [0.4, 0.5) is 0 Å². The van der Waals surface area contributed by atoms with E-state index in [0.29, 0.717) is 19.1 Å². The number of carboxylic acid groups (broad SMARTS) is 1. The molecule has 1 unspecified atom stereocenters. The number of unbranched alkanes of at least 4 members (excludes halogenated alkanes) is 4. The zero-order valence-electron chi connectivity index (χ0n) is 19.5. The molecule has 0 saturated carbocycles. The van der Waals surface area contributed by atoms with E-state index < -0.39 is 17.5 Å². The van der Waals surface area contributed by atoms with E-state index in [9.17, 15) is 9.90 Å². The molecule has 172 valence electrons. The molecular weight excluding hydrogens is 388 g/mol. The molecule has 0 heterocycles. The number of rotatable bonds is 15. The summed E-state index contributed by atoms with van der Waals surface area (Å²) < 4.78 is 12.6. The number of aliphatic carboxylic acids is 1. The first-order chi connectivity index (χ1) is 15.0. The molecule has 0 bridgehead atoms. The summed E-state index contributed by atoms with van der Waals surface area (Å²) >= 11 is 0. The lowest BCUT2D eigenvalue weighted by molar-refractivity contribution is -0.138. The molecule has 0 spiro atoms. The van der Waals surface area contributed by atoms with Gasteiger partial charge in [-0.05, 0) is 43.4 Å². The van der Waals surface area contributed by atoms with Gasteiger partial charge in [0.1, 0.15) is 11.4 Å². The third kappa shape index (κ3) is 7.84. The van der Waals surface area contributed by atoms with Gasteiger partial charge in [-0.25, -0.2) is 0 Å². The molecular formula is C27H40O4. The van der Waals surface area contributed by atoms with Crippen LogP contribution in [0.1, 0.15) is 77.7 Å². The number of carbonyl (C=O) groups is 1. The van der Waals surface area contributed by atoms with Gasteiger partial charge < -0.3 is 14.6 Å². The monoisotopic (exact) mass is 428 g/mol. The van der Waals surface area contributed by atoms with Crippen LogP contribution in [0.2, 0.25) is 0 Å². The van der Waals surface area contributed by atoms with E-state index in [1.165, 1.54) is 32.1 Å². The van der Waals surface area contributed by atoms with E-state index in [2.05, 4.69) is 20.8 Å². The first-order valence-electron chi connectivity index (χ1n) is 12.0. The smallest absolute Gasteiger partial charge is 0.314 e. The van der Waals surface area contributed by atoms with Gasteiger partial charge in [-0.2, -0.15) is 0 Å². The predicted octanol–water partition coefficient (Wildman–Crippen LogP) is 6.90. The van der Waals surface area contributed by atoms with Crippen molar-refractivity contribution >= 4 is 5.97 Å². The van der Waals surface area contributed by atoms with Crippen molar-refractivity contribution in [1.82, 2.24) is 0 Å². The highest BCUT2D eigenvalue weighted by atomic mass is 16.5. The number of ether oxygens (including phenoxy) is 2. The highest BCUT2D eigenvalue weighted by molar-refractivity contribution is 5.75. The summed E-state index contributed by atoms with van der Waals surface area (Å²) in [7, 11) is 0. The molecule has 1 aliphatic rings. The van der Waals surface area contributed by atoms with Crippen LogP contribution >= 0.6 is 0 Å². The van der Waals surface area contributed by atoms with Gasteiger partial charge in [-0.1, -0.05) is 83.2 Å². The molecule has 0 radical (unpaired) electrons. The minimum atomic E-state index is -0.852. The molecule has 0 saturated heterocycles. The Balaban J connectivity index is 2.13. The van der Waals surface area contributed by atoms with Gasteiger partial charge in [0.15, 0.2) is 0 Å². The van der Waals surface area contributed by atoms with Crippen LogP contribution < -0.4 is 4.74 Å². The fraction of sp³-hybridized carbons (Fsp3) is 0.593. The molecule has 1 aromatic rings. The second-order valence-corrected chi connectivity index (χ2v) is 8.64. The fourth-order valence-corrected chi connectivity index (χ4v) is 3.81. The molecule has 0 aliphatic heterocycles. The second kappa shape index (κ2) is 13.4. The summed E-state index contributed by atoms with van der Waals surface area (Å²) in [5.41, 5.74) is 0.142. The van der Waals surface area contributed by atoms with E-state index in [-0.39, 0.29) is 0 Å². The SMILES string of the molecule is CCCCCCCOc1ccccc1C1(OCCCC(C)CC)C=CC(C(=O)O)C=C1. The van der Waals surface area contributed by atoms with Gasteiger partial charge in [-0.15, -0.1) is 0 Å². The summed E-state index contributed by atoms with van der Waals surface area (Å²) in [6.45, 7) is 7.98. The van der Waals surface area contributed by atoms with E-state index in [4.69, 9.17) is 9.47 Å². The predicted molar refractivity (Wildman–Crippen MR) is 126 cm³/mol. The fourth-order valence-electron chi connectivity index (χ4n) is 3.81. The van der Waals surface area contributed by atoms with Crippen LogP contribution in [-0.4, -0.2) is 24.3 Å². The van der Waals surface area contributed by atoms with Crippen LogP contribution in [0.5, 0.6) is 5.75 Å². The number of carboxylic acids is 1. The van der Waals surface area contributed by atoms with Gasteiger partial charge in [0.25, 0.3) is 0 Å². The van der Waals surface area contributed by atoms with Gasteiger partial charge >= 0.3 is 5.97 Å². The van der Waals surface area contributed by atoms with Crippen molar-refractivity contribution in [1.29, 1.82) is 0 Å². The summed E-state index contributed by atoms with van der Waals surface area (Å²) in [6.07, 6.45) is 16.4. The average molecular weight is 429 g/mol. The Morgan fingerprint density at radius 2 is 1.74 bits per heavy atom. The molecule has 0 amide bonds. The lowest BCUT2D eigenvalue weighted by Crippen LogP contribution is -2.30. The third-order valence-electron chi connectivity index (χ3n) is 6.08. The van der Waals surface area contributed by atoms with E-state index >= 15 is 0 Å². The average Bonchev–Trinajstić information content (AvgIpc) is 2.79. The summed E-state index contributed by atoms with van der Waals surface area (Å²) in [6, 6.07) is 7.97. The maximum Gasteiger partial charge on any atom is 0.314 e. The normalized spacial score (nSPS) is 21.2. The van der Waals surface area contributed by atoms with Gasteiger partial charge in [-0.3, -0.25) is 4.79 Å². The maximum absolute atomic E-state index is 11.4. The minimum absolute atomic E-state index is 0.613. The Hall–Kier alpha value is -2.07. The summed E-state index contributed by atoms with van der Waals surface area (Å²) in [5.74, 6) is 0.0117. The van der Waals surface area contributed by atoms with Crippen molar-refractivity contribution in [2.75, 3.05) is 13.2 Å². The Morgan fingerprint density at radius 1 is 1.03 bits per heavy atom. The van der Waals surface area contributed by atoms with Crippen molar-refractivity contribution in [3.8, 4) is 5.75 Å². The zero-order chi connectivity index (χ0) is 22.5. The van der Waals surface area contributed by atoms with Crippen LogP contribution in [-0.2, 0) is 15.1 Å². The molecule has 1 atom stereocenters. The van der Waals surface area contributed by atoms with Crippen LogP contribution in [0.25, 0.3) is 0 Å². The van der Waals surface area contributed by atoms with Gasteiger partial charge in [0, 0.05) is 12.2 Å². The molecule has 1 aliphatic carbocycles. The van der Waals surface area contributed by atoms with Crippen molar-refractivity contribution in [2.24, 2.45) is 11.8 Å². The molecule has 4 heteroatoms. The molecule has 0 aromatic heterocycles. The van der Waals surface area contributed by atoms with Crippen molar-refractivity contribution in [3.05, 3.63) is 54.1 Å². The number of hydrogen-bond donors (Lipinski definition) is 1. The van der Waals surface area contributed by atoms with E-state index in [0.717, 1.165) is 30.6 Å². The molecule has 1 aromatic carbocycles. The van der Waals surface area contributed by atoms with E-state index in [1.54, 1.807) is 12.2 Å². The van der Waals surface area contributed by atoms with Crippen molar-refractivity contribution in [2.45, 2.75) is 77.7 Å². The molecule has 2 rings (SSSR count). The Kier molecular flexibility index (Phi) is 10.9. The second-order valence-electron chi connectivity index (χ2n) is 8.64. The molecule has 0 fully saturated rings. The number of para-hydroxylation sites is 1. The van der Waals surface area contributed by atoms with Gasteiger partial charge in [0.05, 0.1) is 12.5 Å². The summed E-state index contributed by atoms with van der Waals surface area (Å²) in [4.78, 5) is 11.4. The van der Waals surface area contributed by atoms with E-state index in [1.807, 2.05) is 36.4 Å². The van der Waals surface area contributed by atoms with Gasteiger partial charge in [0.2, 0.25) is 0 Å².